The van der Waals surface area contributed by atoms with Crippen LogP contribution >= 0.6 is 0 Å². The molecule has 3 rings (SSSR count). The van der Waals surface area contributed by atoms with E-state index in [0.29, 0.717) is 11.6 Å². The van der Waals surface area contributed by atoms with Gasteiger partial charge in [-0.3, -0.25) is 4.79 Å². The topological polar surface area (TPSA) is 58.1 Å². The average Bonchev–Trinajstić information content (AvgIpc) is 3.03. The van der Waals surface area contributed by atoms with Crippen LogP contribution in [-0.2, 0) is 0 Å². The first kappa shape index (κ1) is 14.5. The third-order valence-electron chi connectivity index (χ3n) is 3.77. The van der Waals surface area contributed by atoms with Gasteiger partial charge in [0.25, 0.3) is 5.91 Å². The first-order valence-electron chi connectivity index (χ1n) is 7.60. The van der Waals surface area contributed by atoms with Gasteiger partial charge in [-0.25, -0.2) is 9.97 Å². The predicted molar refractivity (Wildman–Crippen MR) is 87.3 cm³/mol. The molecule has 5 heteroatoms. The Labute approximate surface area is 130 Å². The van der Waals surface area contributed by atoms with Crippen molar-refractivity contribution in [1.29, 1.82) is 0 Å². The number of benzene rings is 1. The smallest absolute Gasteiger partial charge is 0.274 e. The van der Waals surface area contributed by atoms with E-state index >= 15 is 0 Å². The SMILES string of the molecule is Cc1ccc(NC(=O)c2cc(C)nc(N3CCCC3)n2)cc1. The lowest BCUT2D eigenvalue weighted by atomic mass is 10.2. The Morgan fingerprint density at radius 3 is 2.45 bits per heavy atom. The molecule has 0 aliphatic carbocycles. The zero-order chi connectivity index (χ0) is 15.5. The number of carbonyl (C=O) groups excluding carboxylic acids is 1. The van der Waals surface area contributed by atoms with Crippen LogP contribution in [0.25, 0.3) is 0 Å². The van der Waals surface area contributed by atoms with Crippen molar-refractivity contribution in [2.75, 3.05) is 23.3 Å². The summed E-state index contributed by atoms with van der Waals surface area (Å²) in [5.74, 6) is 0.460. The molecule has 1 fully saturated rings. The molecule has 2 aromatic rings. The lowest BCUT2D eigenvalue weighted by molar-refractivity contribution is 0.102. The summed E-state index contributed by atoms with van der Waals surface area (Å²) >= 11 is 0. The van der Waals surface area contributed by atoms with Crippen molar-refractivity contribution in [1.82, 2.24) is 9.97 Å². The second kappa shape index (κ2) is 6.13. The van der Waals surface area contributed by atoms with Crippen LogP contribution in [0.2, 0.25) is 0 Å². The van der Waals surface area contributed by atoms with Crippen molar-refractivity contribution in [2.24, 2.45) is 0 Å². The number of aryl methyl sites for hydroxylation is 2. The van der Waals surface area contributed by atoms with Crippen molar-refractivity contribution < 1.29 is 4.79 Å². The average molecular weight is 296 g/mol. The van der Waals surface area contributed by atoms with Crippen LogP contribution in [0.5, 0.6) is 0 Å². The maximum absolute atomic E-state index is 12.4. The molecule has 2 heterocycles. The van der Waals surface area contributed by atoms with Crippen LogP contribution in [0.1, 0.15) is 34.6 Å². The van der Waals surface area contributed by atoms with Gasteiger partial charge in [0.1, 0.15) is 5.69 Å². The zero-order valence-corrected chi connectivity index (χ0v) is 13.0. The van der Waals surface area contributed by atoms with Crippen LogP contribution in [0.15, 0.2) is 30.3 Å². The lowest BCUT2D eigenvalue weighted by Crippen LogP contribution is -2.23. The molecular weight excluding hydrogens is 276 g/mol. The number of nitrogens with one attached hydrogen (secondary N) is 1. The zero-order valence-electron chi connectivity index (χ0n) is 13.0. The Kier molecular flexibility index (Phi) is 4.04. The van der Waals surface area contributed by atoms with Crippen LogP contribution in [0.3, 0.4) is 0 Å². The van der Waals surface area contributed by atoms with E-state index in [1.807, 2.05) is 38.1 Å². The van der Waals surface area contributed by atoms with E-state index in [9.17, 15) is 4.79 Å². The highest BCUT2D eigenvalue weighted by molar-refractivity contribution is 6.03. The van der Waals surface area contributed by atoms with Gasteiger partial charge < -0.3 is 10.2 Å². The highest BCUT2D eigenvalue weighted by Gasteiger charge is 2.18. The third-order valence-corrected chi connectivity index (χ3v) is 3.77. The molecule has 1 amide bonds. The molecule has 0 radical (unpaired) electrons. The van der Waals surface area contributed by atoms with Crippen LogP contribution in [0, 0.1) is 13.8 Å². The number of anilines is 2. The Balaban J connectivity index is 1.80. The highest BCUT2D eigenvalue weighted by atomic mass is 16.1. The Hall–Kier alpha value is -2.43. The fraction of sp³-hybridized carbons (Fsp3) is 0.353. The Bertz CT molecular complexity index is 676. The molecule has 1 aliphatic heterocycles. The van der Waals surface area contributed by atoms with E-state index < -0.39 is 0 Å². The summed E-state index contributed by atoms with van der Waals surface area (Å²) < 4.78 is 0. The number of hydrogen-bond acceptors (Lipinski definition) is 4. The molecule has 1 aromatic carbocycles. The largest absolute Gasteiger partial charge is 0.341 e. The number of rotatable bonds is 3. The summed E-state index contributed by atoms with van der Waals surface area (Å²) in [7, 11) is 0. The summed E-state index contributed by atoms with van der Waals surface area (Å²) in [6.45, 7) is 5.83. The Morgan fingerprint density at radius 1 is 1.09 bits per heavy atom. The first-order valence-corrected chi connectivity index (χ1v) is 7.60. The summed E-state index contributed by atoms with van der Waals surface area (Å²) in [4.78, 5) is 23.4. The second-order valence-electron chi connectivity index (χ2n) is 5.71. The third kappa shape index (κ3) is 3.24. The molecule has 0 spiro atoms. The van der Waals surface area contributed by atoms with Gasteiger partial charge in [-0.05, 0) is 44.9 Å². The van der Waals surface area contributed by atoms with Crippen molar-refractivity contribution in [3.8, 4) is 0 Å². The monoisotopic (exact) mass is 296 g/mol. The molecule has 0 saturated carbocycles. The van der Waals surface area contributed by atoms with Crippen LogP contribution < -0.4 is 10.2 Å². The fourth-order valence-electron chi connectivity index (χ4n) is 2.56. The molecule has 114 valence electrons. The summed E-state index contributed by atoms with van der Waals surface area (Å²) in [6, 6.07) is 9.45. The van der Waals surface area contributed by atoms with Gasteiger partial charge in [0.05, 0.1) is 0 Å². The summed E-state index contributed by atoms with van der Waals surface area (Å²) in [5, 5.41) is 2.88. The molecule has 1 aromatic heterocycles. The lowest BCUT2D eigenvalue weighted by Gasteiger charge is -2.16. The minimum Gasteiger partial charge on any atom is -0.341 e. The molecule has 0 atom stereocenters. The quantitative estimate of drug-likeness (QED) is 0.946. The number of nitrogens with zero attached hydrogens (tertiary/aromatic N) is 3. The van der Waals surface area contributed by atoms with E-state index in [1.54, 1.807) is 6.07 Å². The van der Waals surface area contributed by atoms with Gasteiger partial charge in [0.2, 0.25) is 5.95 Å². The minimum absolute atomic E-state index is 0.199. The second-order valence-corrected chi connectivity index (χ2v) is 5.71. The van der Waals surface area contributed by atoms with Crippen molar-refractivity contribution >= 4 is 17.5 Å². The van der Waals surface area contributed by atoms with Crippen LogP contribution in [0.4, 0.5) is 11.6 Å². The van der Waals surface area contributed by atoms with Crippen molar-refractivity contribution in [3.63, 3.8) is 0 Å². The van der Waals surface area contributed by atoms with Gasteiger partial charge in [-0.1, -0.05) is 17.7 Å². The minimum atomic E-state index is -0.199. The maximum atomic E-state index is 12.4. The Morgan fingerprint density at radius 2 is 1.77 bits per heavy atom. The molecule has 22 heavy (non-hydrogen) atoms. The molecule has 1 N–H and O–H groups in total. The van der Waals surface area contributed by atoms with E-state index in [1.165, 1.54) is 0 Å². The van der Waals surface area contributed by atoms with E-state index in [-0.39, 0.29) is 5.91 Å². The van der Waals surface area contributed by atoms with Gasteiger partial charge in [-0.15, -0.1) is 0 Å². The van der Waals surface area contributed by atoms with Crippen LogP contribution in [-0.4, -0.2) is 29.0 Å². The van der Waals surface area contributed by atoms with Crippen molar-refractivity contribution in [2.45, 2.75) is 26.7 Å². The summed E-state index contributed by atoms with van der Waals surface area (Å²) in [6.07, 6.45) is 2.31. The van der Waals surface area contributed by atoms with E-state index in [0.717, 1.165) is 42.9 Å². The van der Waals surface area contributed by atoms with E-state index in [4.69, 9.17) is 0 Å². The van der Waals surface area contributed by atoms with Gasteiger partial charge >= 0.3 is 0 Å². The molecule has 5 nitrogen and oxygen atoms in total. The molecule has 1 aliphatic rings. The molecule has 0 bridgehead atoms. The van der Waals surface area contributed by atoms with Gasteiger partial charge in [0, 0.05) is 24.5 Å². The normalized spacial score (nSPS) is 14.2. The fourth-order valence-corrected chi connectivity index (χ4v) is 2.56. The molecule has 1 saturated heterocycles. The molecule has 0 unspecified atom stereocenters. The summed E-state index contributed by atoms with van der Waals surface area (Å²) in [5.41, 5.74) is 3.16. The predicted octanol–water partition coefficient (Wildman–Crippen LogP) is 2.95. The molecular formula is C17H20N4O. The van der Waals surface area contributed by atoms with Gasteiger partial charge in [-0.2, -0.15) is 0 Å². The van der Waals surface area contributed by atoms with Crippen molar-refractivity contribution in [3.05, 3.63) is 47.3 Å². The standard InChI is InChI=1S/C17H20N4O/c1-12-5-7-14(8-6-12)19-16(22)15-11-13(2)18-17(20-15)21-9-3-4-10-21/h5-8,11H,3-4,9-10H2,1-2H3,(H,19,22). The van der Waals surface area contributed by atoms with E-state index in [2.05, 4.69) is 20.2 Å². The number of hydrogen-bond donors (Lipinski definition) is 1. The van der Waals surface area contributed by atoms with Gasteiger partial charge in [0.15, 0.2) is 0 Å². The number of carbonyl (C=O) groups is 1. The highest BCUT2D eigenvalue weighted by Crippen LogP contribution is 2.17. The maximum Gasteiger partial charge on any atom is 0.274 e. The number of aromatic nitrogens is 2. The number of amides is 1. The first-order chi connectivity index (χ1) is 10.6.